The smallest absolute Gasteiger partial charge is 0.293 e. The van der Waals surface area contributed by atoms with Crippen LogP contribution in [-0.4, -0.2) is 30.3 Å². The maximum absolute atomic E-state index is 14.6. The Morgan fingerprint density at radius 3 is 2.86 bits per heavy atom. The molecule has 1 amide bonds. The molecule has 0 fully saturated rings. The van der Waals surface area contributed by atoms with Gasteiger partial charge in [-0.15, -0.1) is 0 Å². The zero-order chi connectivity index (χ0) is 20.4. The average Bonchev–Trinajstić information content (AvgIpc) is 3.33. The fourth-order valence-electron chi connectivity index (χ4n) is 3.29. The Kier molecular flexibility index (Phi) is 5.07. The Morgan fingerprint density at radius 2 is 2.10 bits per heavy atom. The molecular formula is C21H23FN6O. The number of hydrogen-bond acceptors (Lipinski definition) is 4. The number of pyridine rings is 1. The molecule has 0 bridgehead atoms. The Hall–Kier alpha value is -3.55. The van der Waals surface area contributed by atoms with Crippen LogP contribution in [0.1, 0.15) is 43.5 Å². The fraction of sp³-hybridized carbons (Fsp3) is 0.238. The van der Waals surface area contributed by atoms with E-state index in [1.165, 1.54) is 11.0 Å². The molecular weight excluding hydrogens is 371 g/mol. The lowest BCUT2D eigenvalue weighted by Crippen LogP contribution is -2.17. The van der Waals surface area contributed by atoms with Crippen LogP contribution in [0.3, 0.4) is 0 Å². The number of amides is 1. The lowest BCUT2D eigenvalue weighted by Gasteiger charge is -2.11. The van der Waals surface area contributed by atoms with Gasteiger partial charge >= 0.3 is 0 Å². The van der Waals surface area contributed by atoms with Gasteiger partial charge in [0.15, 0.2) is 0 Å². The standard InChI is InChI=1S/C21H21FN6O.H2/c1-3-6-18(22)16-7-4-5-8-17(16)19-11-15-10-9-14(12-28(15)26-19)25-21(29)20-23-13-24-27(20)2;/h4-5,7-13,18H,3,6H2,1-2H3,(H,25,29);1H. The summed E-state index contributed by atoms with van der Waals surface area (Å²) in [6, 6.07) is 13.0. The molecule has 0 aliphatic heterocycles. The first-order valence-corrected chi connectivity index (χ1v) is 9.45. The molecule has 29 heavy (non-hydrogen) atoms. The van der Waals surface area contributed by atoms with Gasteiger partial charge in [0.25, 0.3) is 5.91 Å². The number of carbonyl (C=O) groups is 1. The number of fused-ring (bicyclic) bond motifs is 1. The molecule has 8 heteroatoms. The largest absolute Gasteiger partial charge is 0.318 e. The Bertz CT molecular complexity index is 1170. The maximum atomic E-state index is 14.6. The predicted molar refractivity (Wildman–Crippen MR) is 110 cm³/mol. The highest BCUT2D eigenvalue weighted by atomic mass is 19.1. The summed E-state index contributed by atoms with van der Waals surface area (Å²) in [6.07, 6.45) is 3.26. The second kappa shape index (κ2) is 7.83. The van der Waals surface area contributed by atoms with E-state index in [0.29, 0.717) is 23.4 Å². The number of hydrogen-bond donors (Lipinski definition) is 1. The highest BCUT2D eigenvalue weighted by Crippen LogP contribution is 2.32. The minimum Gasteiger partial charge on any atom is -0.318 e. The number of aromatic nitrogens is 5. The molecule has 0 aliphatic rings. The number of nitrogens with one attached hydrogen (secondary N) is 1. The Labute approximate surface area is 168 Å². The van der Waals surface area contributed by atoms with Gasteiger partial charge in [-0.2, -0.15) is 10.2 Å². The number of halogens is 1. The maximum Gasteiger partial charge on any atom is 0.293 e. The van der Waals surface area contributed by atoms with E-state index in [2.05, 4.69) is 20.5 Å². The Balaban J connectivity index is 0.00000256. The highest BCUT2D eigenvalue weighted by molar-refractivity contribution is 6.01. The molecule has 3 heterocycles. The average molecular weight is 394 g/mol. The third-order valence-electron chi connectivity index (χ3n) is 4.75. The molecule has 1 N–H and O–H groups in total. The third kappa shape index (κ3) is 3.73. The topological polar surface area (TPSA) is 77.1 Å². The van der Waals surface area contributed by atoms with E-state index in [1.54, 1.807) is 23.8 Å². The zero-order valence-electron chi connectivity index (χ0n) is 16.2. The van der Waals surface area contributed by atoms with Crippen LogP contribution in [0.15, 0.2) is 55.0 Å². The molecule has 0 aliphatic carbocycles. The number of carbonyl (C=O) groups excluding carboxylic acids is 1. The van der Waals surface area contributed by atoms with Crippen LogP contribution in [0.2, 0.25) is 0 Å². The summed E-state index contributed by atoms with van der Waals surface area (Å²) in [5.74, 6) is -0.146. The van der Waals surface area contributed by atoms with Crippen LogP contribution < -0.4 is 5.32 Å². The Morgan fingerprint density at radius 1 is 1.28 bits per heavy atom. The molecule has 3 aromatic heterocycles. The van der Waals surface area contributed by atoms with Crippen molar-refractivity contribution in [1.29, 1.82) is 0 Å². The second-order valence-corrected chi connectivity index (χ2v) is 6.82. The number of alkyl halides is 1. The molecule has 0 saturated carbocycles. The highest BCUT2D eigenvalue weighted by Gasteiger charge is 2.17. The molecule has 7 nitrogen and oxygen atoms in total. The van der Waals surface area contributed by atoms with Crippen molar-refractivity contribution in [2.75, 3.05) is 5.32 Å². The molecule has 0 spiro atoms. The molecule has 1 unspecified atom stereocenters. The van der Waals surface area contributed by atoms with Crippen LogP contribution in [-0.2, 0) is 7.05 Å². The number of benzene rings is 1. The summed E-state index contributed by atoms with van der Waals surface area (Å²) in [7, 11) is 1.65. The summed E-state index contributed by atoms with van der Waals surface area (Å²) < 4.78 is 17.7. The predicted octanol–water partition coefficient (Wildman–Crippen LogP) is 4.44. The minimum absolute atomic E-state index is 0. The summed E-state index contributed by atoms with van der Waals surface area (Å²) in [5.41, 5.74) is 3.53. The van der Waals surface area contributed by atoms with Gasteiger partial charge in [0.2, 0.25) is 5.82 Å². The first-order chi connectivity index (χ1) is 14.1. The van der Waals surface area contributed by atoms with Crippen molar-refractivity contribution in [2.24, 2.45) is 7.05 Å². The van der Waals surface area contributed by atoms with Gasteiger partial charge in [0, 0.05) is 14.0 Å². The van der Waals surface area contributed by atoms with E-state index in [9.17, 15) is 9.18 Å². The van der Waals surface area contributed by atoms with Crippen molar-refractivity contribution in [2.45, 2.75) is 25.9 Å². The van der Waals surface area contributed by atoms with Crippen molar-refractivity contribution in [1.82, 2.24) is 24.4 Å². The second-order valence-electron chi connectivity index (χ2n) is 6.82. The first-order valence-electron chi connectivity index (χ1n) is 9.45. The van der Waals surface area contributed by atoms with Crippen molar-refractivity contribution >= 4 is 17.1 Å². The summed E-state index contributed by atoms with van der Waals surface area (Å²) >= 11 is 0. The van der Waals surface area contributed by atoms with E-state index in [4.69, 9.17) is 0 Å². The van der Waals surface area contributed by atoms with Crippen molar-refractivity contribution in [3.05, 3.63) is 66.4 Å². The van der Waals surface area contributed by atoms with Crippen LogP contribution >= 0.6 is 0 Å². The van der Waals surface area contributed by atoms with E-state index < -0.39 is 6.17 Å². The molecule has 1 aromatic carbocycles. The molecule has 1 atom stereocenters. The van der Waals surface area contributed by atoms with Crippen LogP contribution in [0.4, 0.5) is 10.1 Å². The fourth-order valence-corrected chi connectivity index (χ4v) is 3.29. The monoisotopic (exact) mass is 394 g/mol. The van der Waals surface area contributed by atoms with Gasteiger partial charge in [0.05, 0.1) is 23.1 Å². The van der Waals surface area contributed by atoms with Gasteiger partial charge < -0.3 is 5.32 Å². The number of anilines is 1. The van der Waals surface area contributed by atoms with E-state index in [0.717, 1.165) is 17.5 Å². The van der Waals surface area contributed by atoms with Gasteiger partial charge in [0.1, 0.15) is 12.5 Å². The van der Waals surface area contributed by atoms with Gasteiger partial charge in [-0.25, -0.2) is 18.6 Å². The zero-order valence-corrected chi connectivity index (χ0v) is 16.2. The lowest BCUT2D eigenvalue weighted by atomic mass is 9.98. The van der Waals surface area contributed by atoms with Gasteiger partial charge in [-0.1, -0.05) is 37.6 Å². The van der Waals surface area contributed by atoms with Crippen LogP contribution in [0.5, 0.6) is 0 Å². The number of rotatable bonds is 6. The van der Waals surface area contributed by atoms with E-state index >= 15 is 0 Å². The van der Waals surface area contributed by atoms with Gasteiger partial charge in [-0.3, -0.25) is 4.79 Å². The van der Waals surface area contributed by atoms with Crippen molar-refractivity contribution in [3.8, 4) is 11.3 Å². The summed E-state index contributed by atoms with van der Waals surface area (Å²) in [4.78, 5) is 16.3. The molecule has 150 valence electrons. The first kappa shape index (κ1) is 18.8. The SMILES string of the molecule is CCCC(F)c1ccccc1-c1cc2ccc(NC(=O)c3ncnn3C)cn2n1.[HH]. The van der Waals surface area contributed by atoms with Crippen molar-refractivity contribution in [3.63, 3.8) is 0 Å². The molecule has 4 aromatic rings. The van der Waals surface area contributed by atoms with Gasteiger partial charge in [-0.05, 0) is 30.2 Å². The minimum atomic E-state index is -1.03. The molecule has 4 rings (SSSR count). The van der Waals surface area contributed by atoms with E-state index in [1.807, 2.05) is 43.3 Å². The number of aryl methyl sites for hydroxylation is 1. The van der Waals surface area contributed by atoms with E-state index in [-0.39, 0.29) is 13.2 Å². The molecule has 0 radical (unpaired) electrons. The van der Waals surface area contributed by atoms with Crippen molar-refractivity contribution < 1.29 is 10.6 Å². The quantitative estimate of drug-likeness (QED) is 0.524. The molecule has 0 saturated heterocycles. The third-order valence-corrected chi connectivity index (χ3v) is 4.75. The van der Waals surface area contributed by atoms with Crippen LogP contribution in [0.25, 0.3) is 16.8 Å². The summed E-state index contributed by atoms with van der Waals surface area (Å²) in [6.45, 7) is 1.97. The lowest BCUT2D eigenvalue weighted by molar-refractivity contribution is 0.101. The normalized spacial score (nSPS) is 12.2. The summed E-state index contributed by atoms with van der Waals surface area (Å²) in [5, 5.41) is 11.3. The number of nitrogens with zero attached hydrogens (tertiary/aromatic N) is 5. The van der Waals surface area contributed by atoms with Crippen LogP contribution in [0, 0.1) is 0 Å².